The van der Waals surface area contributed by atoms with Gasteiger partial charge in [-0.1, -0.05) is 37.8 Å². The molecule has 1 unspecified atom stereocenters. The number of H-pyrrole nitrogens is 1. The summed E-state index contributed by atoms with van der Waals surface area (Å²) in [5, 5.41) is 3.84. The van der Waals surface area contributed by atoms with E-state index in [2.05, 4.69) is 40.7 Å². The summed E-state index contributed by atoms with van der Waals surface area (Å²) in [6.45, 7) is 7.88. The minimum atomic E-state index is -0.460. The van der Waals surface area contributed by atoms with Crippen molar-refractivity contribution in [1.82, 2.24) is 15.0 Å². The van der Waals surface area contributed by atoms with Crippen LogP contribution in [0.15, 0.2) is 58.4 Å². The fourth-order valence-corrected chi connectivity index (χ4v) is 4.58. The lowest BCUT2D eigenvalue weighted by atomic mass is 9.69. The number of thioether (sulfide) groups is 1. The Balaban J connectivity index is 1.92. The van der Waals surface area contributed by atoms with Crippen LogP contribution in [-0.2, 0) is 4.79 Å². The van der Waals surface area contributed by atoms with E-state index in [0.717, 1.165) is 17.7 Å². The molecule has 1 aliphatic carbocycles. The van der Waals surface area contributed by atoms with Gasteiger partial charge in [0.15, 0.2) is 10.9 Å². The van der Waals surface area contributed by atoms with Crippen LogP contribution in [0, 0.1) is 5.41 Å². The second-order valence-corrected chi connectivity index (χ2v) is 8.92. The largest absolute Gasteiger partial charge is 0.343 e. The highest BCUT2D eigenvalue weighted by atomic mass is 32.2. The maximum Gasteiger partial charge on any atom is 0.257 e. The Labute approximate surface area is 167 Å². The number of ketones is 1. The van der Waals surface area contributed by atoms with E-state index in [4.69, 9.17) is 0 Å². The lowest BCUT2D eigenvalue weighted by Crippen LogP contribution is -2.37. The van der Waals surface area contributed by atoms with E-state index >= 15 is 0 Å². The number of rotatable bonds is 4. The molecule has 6 nitrogen and oxygen atoms in total. The third-order valence-corrected chi connectivity index (χ3v) is 5.92. The molecule has 0 amide bonds. The van der Waals surface area contributed by atoms with Gasteiger partial charge >= 0.3 is 0 Å². The van der Waals surface area contributed by atoms with Gasteiger partial charge in [0.25, 0.3) is 5.56 Å². The SMILES string of the molecule is C=CCSc1nc2c(c(=O)[nH]1)C(c1cccnc1)C1=C(CC(C)(C)CC1=O)N2. The number of Topliss-reactive ketones (excluding diaryl/α,β-unsaturated/α-hetero) is 1. The van der Waals surface area contributed by atoms with Crippen molar-refractivity contribution >= 4 is 23.4 Å². The number of fused-ring (bicyclic) bond motifs is 1. The molecule has 0 saturated carbocycles. The van der Waals surface area contributed by atoms with Crippen LogP contribution >= 0.6 is 11.8 Å². The predicted octanol–water partition coefficient (Wildman–Crippen LogP) is 3.64. The zero-order valence-corrected chi connectivity index (χ0v) is 16.7. The average Bonchev–Trinajstić information content (AvgIpc) is 2.64. The van der Waals surface area contributed by atoms with Crippen molar-refractivity contribution in [1.29, 1.82) is 0 Å². The number of allylic oxidation sites excluding steroid dienone is 2. The monoisotopic (exact) mass is 394 g/mol. The van der Waals surface area contributed by atoms with Gasteiger partial charge in [0.1, 0.15) is 5.82 Å². The number of hydrogen-bond acceptors (Lipinski definition) is 6. The summed E-state index contributed by atoms with van der Waals surface area (Å²) in [6.07, 6.45) is 6.35. The zero-order chi connectivity index (χ0) is 19.9. The summed E-state index contributed by atoms with van der Waals surface area (Å²) < 4.78 is 0. The number of pyridine rings is 1. The first-order valence-electron chi connectivity index (χ1n) is 9.21. The Bertz CT molecular complexity index is 1040. The minimum absolute atomic E-state index is 0.0720. The predicted molar refractivity (Wildman–Crippen MR) is 111 cm³/mol. The van der Waals surface area contributed by atoms with Gasteiger partial charge in [-0.05, 0) is 23.5 Å². The van der Waals surface area contributed by atoms with E-state index in [9.17, 15) is 9.59 Å². The molecule has 2 aromatic heterocycles. The maximum absolute atomic E-state index is 13.1. The van der Waals surface area contributed by atoms with Crippen LogP contribution in [0.3, 0.4) is 0 Å². The number of anilines is 1. The first kappa shape index (κ1) is 18.7. The second kappa shape index (κ2) is 7.05. The fourth-order valence-electron chi connectivity index (χ4n) is 3.98. The molecule has 7 heteroatoms. The Morgan fingerprint density at radius 2 is 2.18 bits per heavy atom. The van der Waals surface area contributed by atoms with Crippen molar-refractivity contribution in [3.05, 3.63) is 69.9 Å². The summed E-state index contributed by atoms with van der Waals surface area (Å²) in [5.41, 5.74) is 2.45. The number of carbonyl (C=O) groups excluding carboxylic acids is 1. The van der Waals surface area contributed by atoms with E-state index in [-0.39, 0.29) is 16.8 Å². The number of nitrogens with zero attached hydrogens (tertiary/aromatic N) is 2. The van der Waals surface area contributed by atoms with Crippen molar-refractivity contribution in [2.24, 2.45) is 5.41 Å². The average molecular weight is 395 g/mol. The molecular formula is C21H22N4O2S. The van der Waals surface area contributed by atoms with E-state index in [1.807, 2.05) is 12.1 Å². The van der Waals surface area contributed by atoms with Crippen LogP contribution in [0.4, 0.5) is 5.82 Å². The minimum Gasteiger partial charge on any atom is -0.343 e. The second-order valence-electron chi connectivity index (χ2n) is 7.91. The Morgan fingerprint density at radius 3 is 2.89 bits per heavy atom. The molecule has 1 aliphatic heterocycles. The van der Waals surface area contributed by atoms with Gasteiger partial charge in [-0.25, -0.2) is 4.98 Å². The molecule has 2 aliphatic rings. The molecule has 0 aromatic carbocycles. The normalized spacial score (nSPS) is 20.2. The zero-order valence-electron chi connectivity index (χ0n) is 15.9. The van der Waals surface area contributed by atoms with Gasteiger partial charge in [-0.3, -0.25) is 14.6 Å². The highest BCUT2D eigenvalue weighted by Gasteiger charge is 2.42. The molecule has 0 radical (unpaired) electrons. The fraction of sp³-hybridized carbons (Fsp3) is 0.333. The van der Waals surface area contributed by atoms with Crippen molar-refractivity contribution in [2.45, 2.75) is 37.8 Å². The molecule has 0 fully saturated rings. The van der Waals surface area contributed by atoms with Gasteiger partial charge in [-0.2, -0.15) is 0 Å². The van der Waals surface area contributed by atoms with Crippen molar-refractivity contribution in [2.75, 3.05) is 11.1 Å². The molecule has 0 saturated heterocycles. The van der Waals surface area contributed by atoms with Gasteiger partial charge in [0.05, 0.1) is 5.56 Å². The van der Waals surface area contributed by atoms with E-state index in [1.165, 1.54) is 11.8 Å². The first-order valence-corrected chi connectivity index (χ1v) is 10.2. The molecule has 144 valence electrons. The molecule has 28 heavy (non-hydrogen) atoms. The van der Waals surface area contributed by atoms with Gasteiger partial charge < -0.3 is 10.3 Å². The summed E-state index contributed by atoms with van der Waals surface area (Å²) in [7, 11) is 0. The summed E-state index contributed by atoms with van der Waals surface area (Å²) >= 11 is 1.41. The molecule has 3 heterocycles. The topological polar surface area (TPSA) is 87.7 Å². The summed E-state index contributed by atoms with van der Waals surface area (Å²) in [5.74, 6) is 0.780. The smallest absolute Gasteiger partial charge is 0.257 e. The molecule has 2 N–H and O–H groups in total. The Hall–Kier alpha value is -2.67. The van der Waals surface area contributed by atoms with Gasteiger partial charge in [0.2, 0.25) is 0 Å². The van der Waals surface area contributed by atoms with E-state index in [0.29, 0.717) is 34.3 Å². The third kappa shape index (κ3) is 3.30. The molecular weight excluding hydrogens is 372 g/mol. The molecule has 4 rings (SSSR count). The van der Waals surface area contributed by atoms with Crippen LogP contribution in [0.5, 0.6) is 0 Å². The highest BCUT2D eigenvalue weighted by molar-refractivity contribution is 7.99. The molecule has 0 spiro atoms. The van der Waals surface area contributed by atoms with Gasteiger partial charge in [-0.15, -0.1) is 6.58 Å². The van der Waals surface area contributed by atoms with Gasteiger partial charge in [0, 0.05) is 41.8 Å². The quantitative estimate of drug-likeness (QED) is 0.468. The van der Waals surface area contributed by atoms with E-state index in [1.54, 1.807) is 18.5 Å². The number of carbonyl (C=O) groups is 1. The van der Waals surface area contributed by atoms with Crippen LogP contribution < -0.4 is 10.9 Å². The van der Waals surface area contributed by atoms with E-state index < -0.39 is 5.92 Å². The van der Waals surface area contributed by atoms with Crippen LogP contribution in [0.1, 0.15) is 43.7 Å². The number of hydrogen-bond donors (Lipinski definition) is 2. The van der Waals surface area contributed by atoms with Crippen LogP contribution in [0.25, 0.3) is 0 Å². The van der Waals surface area contributed by atoms with Crippen molar-refractivity contribution in [3.8, 4) is 0 Å². The number of aromatic amines is 1. The number of nitrogens with one attached hydrogen (secondary N) is 2. The van der Waals surface area contributed by atoms with Crippen LogP contribution in [-0.4, -0.2) is 26.5 Å². The molecule has 0 bridgehead atoms. The maximum atomic E-state index is 13.1. The number of aromatic nitrogens is 3. The first-order chi connectivity index (χ1) is 13.4. The highest BCUT2D eigenvalue weighted by Crippen LogP contribution is 2.47. The Morgan fingerprint density at radius 1 is 1.36 bits per heavy atom. The standard InChI is InChI=1S/C21H22N4O2S/c1-4-8-28-20-24-18-17(19(27)25-20)15(12-6-5-7-22-11-12)16-13(23-18)9-21(2,3)10-14(16)26/h4-7,11,15H,1,8-10H2,2-3H3,(H2,23,24,25,27). The lowest BCUT2D eigenvalue weighted by Gasteiger charge is -2.38. The lowest BCUT2D eigenvalue weighted by molar-refractivity contribution is -0.118. The third-order valence-electron chi connectivity index (χ3n) is 5.06. The summed E-state index contributed by atoms with van der Waals surface area (Å²) in [4.78, 5) is 37.8. The molecule has 1 atom stereocenters. The molecule has 2 aromatic rings. The van der Waals surface area contributed by atoms with Crippen molar-refractivity contribution < 1.29 is 4.79 Å². The van der Waals surface area contributed by atoms with Crippen molar-refractivity contribution in [3.63, 3.8) is 0 Å². The Kier molecular flexibility index (Phi) is 4.71. The van der Waals surface area contributed by atoms with Crippen LogP contribution in [0.2, 0.25) is 0 Å². The summed E-state index contributed by atoms with van der Waals surface area (Å²) in [6, 6.07) is 3.73.